The Hall–Kier alpha value is -1.80. The summed E-state index contributed by atoms with van der Waals surface area (Å²) in [7, 11) is 0. The zero-order chi connectivity index (χ0) is 15.5. The number of nitrogens with two attached hydrogens (primary N) is 1. The average Bonchev–Trinajstić information content (AvgIpc) is 2.41. The third kappa shape index (κ3) is 4.61. The Bertz CT molecular complexity index is 635. The molecule has 1 aromatic heterocycles. The van der Waals surface area contributed by atoms with Crippen molar-refractivity contribution in [3.05, 3.63) is 46.6 Å². The molecule has 0 fully saturated rings. The van der Waals surface area contributed by atoms with E-state index in [2.05, 4.69) is 25.7 Å². The quantitative estimate of drug-likeness (QED) is 0.893. The first-order chi connectivity index (χ1) is 9.87. The van der Waals surface area contributed by atoms with Gasteiger partial charge < -0.3 is 15.2 Å². The Morgan fingerprint density at radius 2 is 1.95 bits per heavy atom. The predicted octanol–water partition coefficient (Wildman–Crippen LogP) is 3.99. The average molecular weight is 363 g/mol. The van der Waals surface area contributed by atoms with E-state index in [0.29, 0.717) is 17.3 Å². The molecule has 0 unspecified atom stereocenters. The van der Waals surface area contributed by atoms with Gasteiger partial charge in [-0.15, -0.1) is 13.2 Å². The molecular weight excluding hydrogens is 353 g/mol. The normalized spacial score (nSPS) is 11.3. The van der Waals surface area contributed by atoms with Crippen molar-refractivity contribution in [3.63, 3.8) is 0 Å². The van der Waals surface area contributed by atoms with Crippen molar-refractivity contribution < 1.29 is 22.6 Å². The van der Waals surface area contributed by atoms with Crippen molar-refractivity contribution in [1.29, 1.82) is 0 Å². The van der Waals surface area contributed by atoms with Crippen LogP contribution in [0.4, 0.5) is 13.2 Å². The highest BCUT2D eigenvalue weighted by molar-refractivity contribution is 9.10. The molecule has 0 radical (unpaired) electrons. The molecule has 8 heteroatoms. The molecule has 1 aromatic carbocycles. The number of nitrogens with zero attached hydrogens (tertiary/aromatic N) is 1. The standard InChI is InChI=1S/C13H10BrF3N2O2/c14-10-6-9(4-5-11(10)21-13(15,16)17)20-12-3-1-2-8(7-18)19-12/h1-6H,7,18H2. The summed E-state index contributed by atoms with van der Waals surface area (Å²) in [5.74, 6) is 0.269. The largest absolute Gasteiger partial charge is 0.573 e. The van der Waals surface area contributed by atoms with Crippen molar-refractivity contribution in [2.45, 2.75) is 12.9 Å². The van der Waals surface area contributed by atoms with E-state index < -0.39 is 6.36 Å². The van der Waals surface area contributed by atoms with Crippen molar-refractivity contribution >= 4 is 15.9 Å². The third-order valence-electron chi connectivity index (χ3n) is 2.34. The van der Waals surface area contributed by atoms with E-state index in [9.17, 15) is 13.2 Å². The van der Waals surface area contributed by atoms with Crippen molar-refractivity contribution in [3.8, 4) is 17.4 Å². The van der Waals surface area contributed by atoms with Crippen LogP contribution in [0.15, 0.2) is 40.9 Å². The molecule has 0 aliphatic heterocycles. The highest BCUT2D eigenvalue weighted by Gasteiger charge is 2.32. The summed E-state index contributed by atoms with van der Waals surface area (Å²) >= 11 is 3.00. The summed E-state index contributed by atoms with van der Waals surface area (Å²) in [5, 5.41) is 0. The molecule has 112 valence electrons. The molecule has 0 saturated heterocycles. The van der Waals surface area contributed by atoms with Gasteiger partial charge in [0.25, 0.3) is 0 Å². The number of hydrogen-bond donors (Lipinski definition) is 1. The Kier molecular flexibility index (Phi) is 4.69. The molecule has 2 aromatic rings. The second kappa shape index (κ2) is 6.31. The summed E-state index contributed by atoms with van der Waals surface area (Å²) in [5.41, 5.74) is 6.11. The fourth-order valence-corrected chi connectivity index (χ4v) is 1.94. The van der Waals surface area contributed by atoms with Gasteiger partial charge in [0.15, 0.2) is 0 Å². The van der Waals surface area contributed by atoms with Crippen molar-refractivity contribution in [1.82, 2.24) is 4.98 Å². The van der Waals surface area contributed by atoms with Crippen LogP contribution in [0.1, 0.15) is 5.69 Å². The Morgan fingerprint density at radius 3 is 2.57 bits per heavy atom. The fourth-order valence-electron chi connectivity index (χ4n) is 1.50. The van der Waals surface area contributed by atoms with Crippen molar-refractivity contribution in [2.24, 2.45) is 5.73 Å². The summed E-state index contributed by atoms with van der Waals surface area (Å²) in [6.45, 7) is 0.263. The summed E-state index contributed by atoms with van der Waals surface area (Å²) < 4.78 is 45.9. The zero-order valence-corrected chi connectivity index (χ0v) is 12.1. The molecule has 0 atom stereocenters. The number of ether oxygens (including phenoxy) is 2. The smallest absolute Gasteiger partial charge is 0.439 e. The second-order valence-electron chi connectivity index (χ2n) is 3.91. The summed E-state index contributed by atoms with van der Waals surface area (Å²) in [4.78, 5) is 4.12. The topological polar surface area (TPSA) is 57.4 Å². The van der Waals surface area contributed by atoms with E-state index >= 15 is 0 Å². The van der Waals surface area contributed by atoms with Gasteiger partial charge in [0, 0.05) is 12.6 Å². The van der Waals surface area contributed by atoms with Gasteiger partial charge in [0.2, 0.25) is 5.88 Å². The van der Waals surface area contributed by atoms with E-state index in [0.717, 1.165) is 6.07 Å². The van der Waals surface area contributed by atoms with E-state index in [1.165, 1.54) is 12.1 Å². The summed E-state index contributed by atoms with van der Waals surface area (Å²) in [6, 6.07) is 8.94. The van der Waals surface area contributed by atoms with Crippen LogP contribution < -0.4 is 15.2 Å². The Balaban J connectivity index is 2.16. The van der Waals surface area contributed by atoms with E-state index in [1.54, 1.807) is 18.2 Å². The molecule has 4 nitrogen and oxygen atoms in total. The van der Waals surface area contributed by atoms with Gasteiger partial charge in [-0.1, -0.05) is 6.07 Å². The van der Waals surface area contributed by atoms with E-state index in [1.807, 2.05) is 0 Å². The highest BCUT2D eigenvalue weighted by Crippen LogP contribution is 2.34. The number of alkyl halides is 3. The van der Waals surface area contributed by atoms with E-state index in [4.69, 9.17) is 10.5 Å². The molecule has 0 bridgehead atoms. The first kappa shape index (κ1) is 15.6. The number of pyridine rings is 1. The van der Waals surface area contributed by atoms with Crippen LogP contribution in [-0.4, -0.2) is 11.3 Å². The van der Waals surface area contributed by atoms with Crippen LogP contribution in [0, 0.1) is 0 Å². The van der Waals surface area contributed by atoms with Crippen molar-refractivity contribution in [2.75, 3.05) is 0 Å². The predicted molar refractivity (Wildman–Crippen MR) is 73.0 cm³/mol. The summed E-state index contributed by atoms with van der Waals surface area (Å²) in [6.07, 6.45) is -4.75. The van der Waals surface area contributed by atoms with Gasteiger partial charge in [0.05, 0.1) is 10.2 Å². The maximum Gasteiger partial charge on any atom is 0.573 e. The number of benzene rings is 1. The van der Waals surface area contributed by atoms with Crippen LogP contribution in [0.25, 0.3) is 0 Å². The van der Waals surface area contributed by atoms with Gasteiger partial charge in [-0.05, 0) is 40.2 Å². The molecular formula is C13H10BrF3N2O2. The molecule has 0 amide bonds. The molecule has 0 aliphatic rings. The van der Waals surface area contributed by atoms with Crippen LogP contribution in [0.3, 0.4) is 0 Å². The third-order valence-corrected chi connectivity index (χ3v) is 2.96. The monoisotopic (exact) mass is 362 g/mol. The minimum Gasteiger partial charge on any atom is -0.439 e. The number of halogens is 4. The van der Waals surface area contributed by atoms with Gasteiger partial charge in [-0.3, -0.25) is 0 Å². The second-order valence-corrected chi connectivity index (χ2v) is 4.77. The van der Waals surface area contributed by atoms with Crippen LogP contribution in [0.2, 0.25) is 0 Å². The number of aromatic nitrogens is 1. The Morgan fingerprint density at radius 1 is 1.19 bits per heavy atom. The minimum atomic E-state index is -4.75. The van der Waals surface area contributed by atoms with Gasteiger partial charge in [-0.25, -0.2) is 4.98 Å². The lowest BCUT2D eigenvalue weighted by molar-refractivity contribution is -0.274. The molecule has 2 rings (SSSR count). The number of hydrogen-bond acceptors (Lipinski definition) is 4. The van der Waals surface area contributed by atoms with Gasteiger partial charge in [-0.2, -0.15) is 0 Å². The number of rotatable bonds is 4. The lowest BCUT2D eigenvalue weighted by atomic mass is 10.3. The maximum atomic E-state index is 12.2. The lowest BCUT2D eigenvalue weighted by Gasteiger charge is -2.12. The molecule has 0 spiro atoms. The Labute approximate surface area is 126 Å². The highest BCUT2D eigenvalue weighted by atomic mass is 79.9. The first-order valence-electron chi connectivity index (χ1n) is 5.76. The SMILES string of the molecule is NCc1cccc(Oc2ccc(OC(F)(F)F)c(Br)c2)n1. The molecule has 21 heavy (non-hydrogen) atoms. The zero-order valence-electron chi connectivity index (χ0n) is 10.5. The van der Waals surface area contributed by atoms with Crippen LogP contribution in [-0.2, 0) is 6.54 Å². The lowest BCUT2D eigenvalue weighted by Crippen LogP contribution is -2.17. The van der Waals surface area contributed by atoms with Crippen LogP contribution in [0.5, 0.6) is 17.4 Å². The molecule has 2 N–H and O–H groups in total. The van der Waals surface area contributed by atoms with E-state index in [-0.39, 0.29) is 16.8 Å². The molecule has 1 heterocycles. The maximum absolute atomic E-state index is 12.2. The van der Waals surface area contributed by atoms with Crippen LogP contribution >= 0.6 is 15.9 Å². The molecule has 0 aliphatic carbocycles. The first-order valence-corrected chi connectivity index (χ1v) is 6.56. The minimum absolute atomic E-state index is 0.118. The van der Waals surface area contributed by atoms with Gasteiger partial charge in [0.1, 0.15) is 11.5 Å². The molecule has 0 saturated carbocycles. The van der Waals surface area contributed by atoms with Gasteiger partial charge >= 0.3 is 6.36 Å². The fraction of sp³-hybridized carbons (Fsp3) is 0.154.